The van der Waals surface area contributed by atoms with Gasteiger partial charge in [0.1, 0.15) is 5.41 Å². The van der Waals surface area contributed by atoms with Crippen LogP contribution in [0.2, 0.25) is 0 Å². The number of carbonyl (C=O) groups excluding carboxylic acids is 1. The molecule has 2 fully saturated rings. The second kappa shape index (κ2) is 6.30. The molecule has 5 heteroatoms. The van der Waals surface area contributed by atoms with Crippen molar-refractivity contribution in [1.82, 2.24) is 5.32 Å². The van der Waals surface area contributed by atoms with E-state index in [-0.39, 0.29) is 11.9 Å². The number of amides is 1. The van der Waals surface area contributed by atoms with Crippen LogP contribution in [0.5, 0.6) is 0 Å². The summed E-state index contributed by atoms with van der Waals surface area (Å²) in [6.45, 7) is 3.11. The normalized spacial score (nSPS) is 23.5. The lowest BCUT2D eigenvalue weighted by Crippen LogP contribution is -2.62. The Morgan fingerprint density at radius 3 is 2.41 bits per heavy atom. The smallest absolute Gasteiger partial charge is 0.232 e. The monoisotopic (exact) mass is 367 g/mol. The fraction of sp³-hybridized carbons (Fsp3) is 0.588. The molecular formula is C17H22BrNO3. The van der Waals surface area contributed by atoms with E-state index in [0.717, 1.165) is 24.8 Å². The van der Waals surface area contributed by atoms with Gasteiger partial charge in [-0.1, -0.05) is 52.7 Å². The Labute approximate surface area is 139 Å². The second-order valence-electron chi connectivity index (χ2n) is 6.12. The number of alkyl halides is 1. The maximum Gasteiger partial charge on any atom is 0.232 e. The highest BCUT2D eigenvalue weighted by molar-refractivity contribution is 9.09. The average Bonchev–Trinajstić information content (AvgIpc) is 2.97. The molecule has 1 atom stereocenters. The van der Waals surface area contributed by atoms with E-state index in [1.807, 2.05) is 37.3 Å². The zero-order chi connectivity index (χ0) is 15.6. The molecule has 1 aromatic carbocycles. The number of hydrogen-bond acceptors (Lipinski definition) is 3. The predicted molar refractivity (Wildman–Crippen MR) is 87.7 cm³/mol. The van der Waals surface area contributed by atoms with Crippen molar-refractivity contribution in [3.63, 3.8) is 0 Å². The molecule has 1 aliphatic carbocycles. The molecule has 0 bridgehead atoms. The Balaban J connectivity index is 1.77. The molecule has 3 rings (SSSR count). The van der Waals surface area contributed by atoms with Crippen LogP contribution in [0.3, 0.4) is 0 Å². The number of rotatable bonds is 5. The van der Waals surface area contributed by atoms with Crippen molar-refractivity contribution in [2.75, 3.05) is 18.5 Å². The first kappa shape index (κ1) is 16.0. The van der Waals surface area contributed by atoms with Crippen molar-refractivity contribution in [2.45, 2.75) is 38.0 Å². The fourth-order valence-electron chi connectivity index (χ4n) is 3.41. The molecule has 2 aliphatic rings. The van der Waals surface area contributed by atoms with Gasteiger partial charge in [-0.15, -0.1) is 0 Å². The van der Waals surface area contributed by atoms with Gasteiger partial charge in [-0.2, -0.15) is 0 Å². The number of carbonyl (C=O) groups is 1. The topological polar surface area (TPSA) is 47.6 Å². The molecule has 0 spiro atoms. The van der Waals surface area contributed by atoms with Gasteiger partial charge in [-0.3, -0.25) is 4.79 Å². The first-order chi connectivity index (χ1) is 10.6. The van der Waals surface area contributed by atoms with E-state index in [4.69, 9.17) is 9.47 Å². The summed E-state index contributed by atoms with van der Waals surface area (Å²) in [4.78, 5) is 13.0. The number of ether oxygens (including phenoxy) is 2. The quantitative estimate of drug-likeness (QED) is 0.813. The molecule has 0 radical (unpaired) electrons. The van der Waals surface area contributed by atoms with Gasteiger partial charge in [-0.05, 0) is 25.3 Å². The van der Waals surface area contributed by atoms with E-state index in [1.165, 1.54) is 0 Å². The van der Waals surface area contributed by atoms with Crippen molar-refractivity contribution >= 4 is 21.8 Å². The minimum absolute atomic E-state index is 0.0278. The van der Waals surface area contributed by atoms with Gasteiger partial charge in [0, 0.05) is 0 Å². The van der Waals surface area contributed by atoms with Crippen LogP contribution in [0.15, 0.2) is 30.3 Å². The number of hydrogen-bond donors (Lipinski definition) is 1. The number of nitrogens with one attached hydrogen (secondary N) is 1. The highest BCUT2D eigenvalue weighted by Gasteiger charge is 2.63. The Morgan fingerprint density at radius 2 is 1.91 bits per heavy atom. The lowest BCUT2D eigenvalue weighted by atomic mass is 9.62. The van der Waals surface area contributed by atoms with Crippen molar-refractivity contribution in [2.24, 2.45) is 5.41 Å². The molecule has 1 aromatic rings. The lowest BCUT2D eigenvalue weighted by Gasteiger charge is -2.50. The van der Waals surface area contributed by atoms with Gasteiger partial charge in [0.15, 0.2) is 5.79 Å². The average molecular weight is 368 g/mol. The third kappa shape index (κ3) is 2.49. The molecular weight excluding hydrogens is 346 g/mol. The zero-order valence-corrected chi connectivity index (χ0v) is 14.4. The molecule has 1 amide bonds. The van der Waals surface area contributed by atoms with E-state index < -0.39 is 11.2 Å². The summed E-state index contributed by atoms with van der Waals surface area (Å²) in [6.07, 6.45) is 2.66. The Hall–Kier alpha value is -0.910. The molecule has 4 nitrogen and oxygen atoms in total. The molecule has 1 heterocycles. The van der Waals surface area contributed by atoms with E-state index in [2.05, 4.69) is 21.2 Å². The van der Waals surface area contributed by atoms with Crippen LogP contribution < -0.4 is 5.32 Å². The van der Waals surface area contributed by atoms with Crippen LogP contribution in [-0.4, -0.2) is 30.2 Å². The van der Waals surface area contributed by atoms with Crippen LogP contribution in [0.1, 0.15) is 37.8 Å². The van der Waals surface area contributed by atoms with Crippen molar-refractivity contribution in [1.29, 1.82) is 0 Å². The maximum atomic E-state index is 13.0. The van der Waals surface area contributed by atoms with Crippen LogP contribution in [-0.2, 0) is 14.3 Å². The summed E-state index contributed by atoms with van der Waals surface area (Å²) >= 11 is 3.49. The van der Waals surface area contributed by atoms with Gasteiger partial charge in [0.25, 0.3) is 0 Å². The van der Waals surface area contributed by atoms with Crippen molar-refractivity contribution in [3.05, 3.63) is 35.9 Å². The molecule has 1 saturated heterocycles. The zero-order valence-electron chi connectivity index (χ0n) is 12.8. The number of halogens is 1. The third-order valence-electron chi connectivity index (χ3n) is 4.95. The molecule has 0 aromatic heterocycles. The fourth-order valence-corrected chi connectivity index (χ4v) is 4.27. The van der Waals surface area contributed by atoms with Crippen LogP contribution in [0, 0.1) is 5.41 Å². The Bertz CT molecular complexity index is 524. The van der Waals surface area contributed by atoms with Crippen LogP contribution in [0.4, 0.5) is 0 Å². The summed E-state index contributed by atoms with van der Waals surface area (Å²) in [5.41, 5.74) is 0.530. The Kier molecular flexibility index (Phi) is 4.57. The van der Waals surface area contributed by atoms with Gasteiger partial charge < -0.3 is 14.8 Å². The van der Waals surface area contributed by atoms with E-state index >= 15 is 0 Å². The highest BCUT2D eigenvalue weighted by Crippen LogP contribution is 2.54. The summed E-state index contributed by atoms with van der Waals surface area (Å²) in [7, 11) is 0. The molecule has 1 N–H and O–H groups in total. The van der Waals surface area contributed by atoms with E-state index in [9.17, 15) is 4.79 Å². The van der Waals surface area contributed by atoms with Crippen molar-refractivity contribution in [3.8, 4) is 0 Å². The van der Waals surface area contributed by atoms with E-state index in [0.29, 0.717) is 18.5 Å². The van der Waals surface area contributed by atoms with Crippen LogP contribution >= 0.6 is 15.9 Å². The minimum atomic E-state index is -0.814. The van der Waals surface area contributed by atoms with Crippen molar-refractivity contribution < 1.29 is 14.3 Å². The second-order valence-corrected chi connectivity index (χ2v) is 6.69. The highest BCUT2D eigenvalue weighted by atomic mass is 79.9. The molecule has 0 unspecified atom stereocenters. The molecule has 1 aliphatic heterocycles. The first-order valence-electron chi connectivity index (χ1n) is 7.83. The summed E-state index contributed by atoms with van der Waals surface area (Å²) < 4.78 is 11.8. The molecule has 120 valence electrons. The first-order valence-corrected chi connectivity index (χ1v) is 8.95. The minimum Gasteiger partial charge on any atom is -0.349 e. The standard InChI is InChI=1S/C17H22BrNO3/c1-13(14-6-3-2-4-7-14)19-15(20)16(8-5-9-16)17(12-18)21-10-11-22-17/h2-4,6-7,13H,5,8-12H2,1H3,(H,19,20)/t13-/m1/s1. The molecule has 22 heavy (non-hydrogen) atoms. The summed E-state index contributed by atoms with van der Waals surface area (Å²) in [6, 6.07) is 9.98. The number of benzene rings is 1. The maximum absolute atomic E-state index is 13.0. The lowest BCUT2D eigenvalue weighted by molar-refractivity contribution is -0.239. The summed E-state index contributed by atoms with van der Waals surface area (Å²) in [5, 5.41) is 3.68. The SMILES string of the molecule is C[C@@H](NC(=O)C1(C2(CBr)OCCO2)CCC1)c1ccccc1. The van der Waals surface area contributed by atoms with E-state index in [1.54, 1.807) is 0 Å². The molecule has 1 saturated carbocycles. The van der Waals surface area contributed by atoms with Crippen LogP contribution in [0.25, 0.3) is 0 Å². The Morgan fingerprint density at radius 1 is 1.27 bits per heavy atom. The largest absolute Gasteiger partial charge is 0.349 e. The van der Waals surface area contributed by atoms with Gasteiger partial charge in [0.05, 0.1) is 24.6 Å². The van der Waals surface area contributed by atoms with Gasteiger partial charge >= 0.3 is 0 Å². The summed E-state index contributed by atoms with van der Waals surface area (Å²) in [5.74, 6) is -0.775. The predicted octanol–water partition coefficient (Wildman–Crippen LogP) is 3.17. The third-order valence-corrected chi connectivity index (χ3v) is 5.69. The van der Waals surface area contributed by atoms with Gasteiger partial charge in [0.2, 0.25) is 5.91 Å². The van der Waals surface area contributed by atoms with Gasteiger partial charge in [-0.25, -0.2) is 0 Å².